The van der Waals surface area contributed by atoms with Crippen LogP contribution in [0.5, 0.6) is 5.75 Å². The second-order valence-corrected chi connectivity index (χ2v) is 9.36. The van der Waals surface area contributed by atoms with Gasteiger partial charge >= 0.3 is 0 Å². The number of amides is 1. The predicted molar refractivity (Wildman–Crippen MR) is 127 cm³/mol. The lowest BCUT2D eigenvalue weighted by molar-refractivity contribution is -0.858. The van der Waals surface area contributed by atoms with Gasteiger partial charge in [-0.3, -0.25) is 9.59 Å². The molecule has 0 aromatic heterocycles. The Morgan fingerprint density at radius 2 is 1.82 bits per heavy atom. The third kappa shape index (κ3) is 5.23. The van der Waals surface area contributed by atoms with E-state index >= 15 is 0 Å². The predicted octanol–water partition coefficient (Wildman–Crippen LogP) is 2.23. The lowest BCUT2D eigenvalue weighted by Gasteiger charge is -2.28. The largest absolute Gasteiger partial charge is 0.872 e. The highest BCUT2D eigenvalue weighted by atomic mass is 35.5. The summed E-state index contributed by atoms with van der Waals surface area (Å²) < 4.78 is 5.16. The van der Waals surface area contributed by atoms with Gasteiger partial charge in [-0.05, 0) is 34.7 Å². The summed E-state index contributed by atoms with van der Waals surface area (Å²) in [6.07, 6.45) is 0.720. The molecular weight excluding hydrogens is 440 g/mol. The number of methoxy groups -OCH3 is 1. The van der Waals surface area contributed by atoms with Crippen molar-refractivity contribution in [3.8, 4) is 5.75 Å². The van der Waals surface area contributed by atoms with Crippen LogP contribution >= 0.6 is 11.6 Å². The topological polar surface area (TPSA) is 74.1 Å². The van der Waals surface area contributed by atoms with Crippen LogP contribution in [0.2, 0.25) is 5.02 Å². The van der Waals surface area contributed by atoms with Gasteiger partial charge in [-0.2, -0.15) is 0 Å². The van der Waals surface area contributed by atoms with Crippen LogP contribution in [-0.2, 0) is 9.59 Å². The second-order valence-electron chi connectivity index (χ2n) is 8.95. The SMILES string of the molecule is COc1ccc(C([O-])=C2C(=O)C(=O)N(CCC[NH+](C)C)C2c2ccc(C(C)C)cc2)cc1Cl. The van der Waals surface area contributed by atoms with E-state index in [9.17, 15) is 14.7 Å². The number of nitrogens with one attached hydrogen (secondary N) is 1. The first-order valence-electron chi connectivity index (χ1n) is 11.1. The van der Waals surface area contributed by atoms with Gasteiger partial charge in [0.15, 0.2) is 0 Å². The number of likely N-dealkylation sites (tertiary alicyclic amines) is 1. The molecule has 1 N–H and O–H groups in total. The number of Topliss-reactive ketones (excluding diaryl/α,β-unsaturated/α-hetero) is 1. The molecule has 176 valence electrons. The van der Waals surface area contributed by atoms with Crippen LogP contribution in [0, 0.1) is 0 Å². The maximum atomic E-state index is 13.5. The molecule has 0 aliphatic carbocycles. The zero-order valence-corrected chi connectivity index (χ0v) is 20.5. The molecule has 0 bridgehead atoms. The van der Waals surface area contributed by atoms with Gasteiger partial charge in [0.25, 0.3) is 5.91 Å². The highest BCUT2D eigenvalue weighted by Crippen LogP contribution is 2.39. The van der Waals surface area contributed by atoms with Gasteiger partial charge < -0.3 is 19.6 Å². The van der Waals surface area contributed by atoms with E-state index in [4.69, 9.17) is 16.3 Å². The van der Waals surface area contributed by atoms with E-state index in [1.807, 2.05) is 38.4 Å². The Hall–Kier alpha value is -2.83. The molecule has 1 heterocycles. The van der Waals surface area contributed by atoms with Crippen LogP contribution in [0.1, 0.15) is 48.9 Å². The molecule has 1 unspecified atom stereocenters. The van der Waals surface area contributed by atoms with Gasteiger partial charge in [0.2, 0.25) is 5.78 Å². The van der Waals surface area contributed by atoms with Crippen molar-refractivity contribution in [1.29, 1.82) is 0 Å². The quantitative estimate of drug-likeness (QED) is 0.365. The van der Waals surface area contributed by atoms with Crippen LogP contribution in [-0.4, -0.2) is 50.9 Å². The average Bonchev–Trinajstić information content (AvgIpc) is 3.03. The van der Waals surface area contributed by atoms with Crippen molar-refractivity contribution in [1.82, 2.24) is 4.90 Å². The van der Waals surface area contributed by atoms with Gasteiger partial charge in [0.05, 0.1) is 38.8 Å². The Morgan fingerprint density at radius 1 is 1.15 bits per heavy atom. The summed E-state index contributed by atoms with van der Waals surface area (Å²) in [6.45, 7) is 5.44. The van der Waals surface area contributed by atoms with Crippen molar-refractivity contribution < 1.29 is 24.3 Å². The molecule has 6 nitrogen and oxygen atoms in total. The fourth-order valence-corrected chi connectivity index (χ4v) is 4.33. The van der Waals surface area contributed by atoms with Crippen LogP contribution < -0.4 is 14.7 Å². The van der Waals surface area contributed by atoms with E-state index < -0.39 is 23.5 Å². The normalized spacial score (nSPS) is 17.9. The highest BCUT2D eigenvalue weighted by molar-refractivity contribution is 6.46. The first-order chi connectivity index (χ1) is 15.6. The zero-order valence-electron chi connectivity index (χ0n) is 19.8. The molecule has 7 heteroatoms. The van der Waals surface area contributed by atoms with Gasteiger partial charge in [0, 0.05) is 18.5 Å². The summed E-state index contributed by atoms with van der Waals surface area (Å²) in [7, 11) is 5.56. The third-order valence-electron chi connectivity index (χ3n) is 5.94. The minimum Gasteiger partial charge on any atom is -0.872 e. The van der Waals surface area contributed by atoms with E-state index in [0.29, 0.717) is 18.2 Å². The first-order valence-corrected chi connectivity index (χ1v) is 11.5. The van der Waals surface area contributed by atoms with Crippen molar-refractivity contribution in [2.24, 2.45) is 0 Å². The molecule has 1 saturated heterocycles. The molecule has 2 aromatic rings. The first kappa shape index (κ1) is 24.8. The van der Waals surface area contributed by atoms with Crippen molar-refractivity contribution in [3.63, 3.8) is 0 Å². The number of benzene rings is 2. The van der Waals surface area contributed by atoms with E-state index in [1.54, 1.807) is 12.1 Å². The smallest absolute Gasteiger partial charge is 0.295 e. The number of ether oxygens (including phenoxy) is 1. The molecule has 2 aromatic carbocycles. The number of carbonyl (C=O) groups excluding carboxylic acids is 2. The van der Waals surface area contributed by atoms with Crippen molar-refractivity contribution in [3.05, 3.63) is 69.8 Å². The minimum absolute atomic E-state index is 0.0317. The Kier molecular flexibility index (Phi) is 7.82. The lowest BCUT2D eigenvalue weighted by Crippen LogP contribution is -3.05. The summed E-state index contributed by atoms with van der Waals surface area (Å²) in [6, 6.07) is 11.7. The van der Waals surface area contributed by atoms with Crippen molar-refractivity contribution in [2.75, 3.05) is 34.3 Å². The number of hydrogen-bond donors (Lipinski definition) is 1. The molecule has 1 amide bonds. The van der Waals surface area contributed by atoms with Gasteiger partial charge in [-0.15, -0.1) is 0 Å². The zero-order chi connectivity index (χ0) is 24.3. The van der Waals surface area contributed by atoms with E-state index in [2.05, 4.69) is 13.8 Å². The minimum atomic E-state index is -0.748. The van der Waals surface area contributed by atoms with Gasteiger partial charge in [0.1, 0.15) is 5.75 Å². The van der Waals surface area contributed by atoms with E-state index in [-0.39, 0.29) is 16.2 Å². The maximum Gasteiger partial charge on any atom is 0.295 e. The number of nitrogens with zero attached hydrogens (tertiary/aromatic N) is 1. The van der Waals surface area contributed by atoms with E-state index in [0.717, 1.165) is 24.1 Å². The Balaban J connectivity index is 2.10. The molecule has 0 radical (unpaired) electrons. The number of halogens is 1. The molecule has 1 atom stereocenters. The monoisotopic (exact) mass is 470 g/mol. The summed E-state index contributed by atoms with van der Waals surface area (Å²) in [4.78, 5) is 28.9. The molecule has 0 spiro atoms. The summed E-state index contributed by atoms with van der Waals surface area (Å²) in [5.74, 6) is -1.10. The number of rotatable bonds is 8. The van der Waals surface area contributed by atoms with Gasteiger partial charge in [-0.1, -0.05) is 61.5 Å². The summed E-state index contributed by atoms with van der Waals surface area (Å²) in [5.41, 5.74) is 2.11. The third-order valence-corrected chi connectivity index (χ3v) is 6.23. The molecule has 1 aliphatic rings. The lowest BCUT2D eigenvalue weighted by atomic mass is 9.93. The average molecular weight is 471 g/mol. The fourth-order valence-electron chi connectivity index (χ4n) is 4.08. The molecule has 3 rings (SSSR count). The summed E-state index contributed by atoms with van der Waals surface area (Å²) >= 11 is 6.22. The number of hydrogen-bond acceptors (Lipinski definition) is 4. The van der Waals surface area contributed by atoms with Crippen molar-refractivity contribution >= 4 is 29.1 Å². The van der Waals surface area contributed by atoms with Crippen LogP contribution in [0.25, 0.3) is 5.76 Å². The molecular formula is C26H31ClN2O4. The van der Waals surface area contributed by atoms with Crippen LogP contribution in [0.15, 0.2) is 48.0 Å². The van der Waals surface area contributed by atoms with Crippen molar-refractivity contribution in [2.45, 2.75) is 32.2 Å². The second kappa shape index (κ2) is 10.4. The molecule has 1 fully saturated rings. The fraction of sp³-hybridized carbons (Fsp3) is 0.385. The van der Waals surface area contributed by atoms with Crippen LogP contribution in [0.4, 0.5) is 0 Å². The molecule has 33 heavy (non-hydrogen) atoms. The number of quaternary nitrogens is 1. The van der Waals surface area contributed by atoms with Crippen LogP contribution in [0.3, 0.4) is 0 Å². The molecule has 1 aliphatic heterocycles. The Labute approximate surface area is 200 Å². The summed E-state index contributed by atoms with van der Waals surface area (Å²) in [5, 5.41) is 13.8. The van der Waals surface area contributed by atoms with Gasteiger partial charge in [-0.25, -0.2) is 0 Å². The van der Waals surface area contributed by atoms with E-state index in [1.165, 1.54) is 23.0 Å². The molecule has 0 saturated carbocycles. The highest BCUT2D eigenvalue weighted by Gasteiger charge is 2.44. The Bertz CT molecular complexity index is 1060. The maximum absolute atomic E-state index is 13.5. The number of ketones is 1. The standard InChI is InChI=1S/C26H31ClN2O4/c1-16(2)17-7-9-18(10-8-17)23-22(24(30)19-11-12-21(33-5)20(27)15-19)25(31)26(32)29(23)14-6-13-28(3)4/h7-12,15-16,23,30H,6,13-14H2,1-5H3. The Morgan fingerprint density at radius 3 is 2.36 bits per heavy atom. The number of carbonyl (C=O) groups is 2.